The molecule has 0 aliphatic carbocycles. The highest BCUT2D eigenvalue weighted by molar-refractivity contribution is 9.10. The van der Waals surface area contributed by atoms with Crippen LogP contribution >= 0.6 is 27.5 Å². The van der Waals surface area contributed by atoms with Crippen molar-refractivity contribution in [2.45, 2.75) is 12.3 Å². The number of sulfonamides is 1. The highest BCUT2D eigenvalue weighted by Crippen LogP contribution is 2.41. The standard InChI is InChI=1S/C16H13BrClNO4S/c17-12-1-2-14-11(7-12)9-24(20,21)19(14)8-10-5-13(18)16-15(6-10)22-3-4-23-16/h1-2,5-7H,3-4,8-9H2. The van der Waals surface area contributed by atoms with Crippen LogP contribution in [0.15, 0.2) is 34.8 Å². The van der Waals surface area contributed by atoms with E-state index in [9.17, 15) is 8.42 Å². The van der Waals surface area contributed by atoms with Crippen molar-refractivity contribution in [1.29, 1.82) is 0 Å². The Kier molecular flexibility index (Phi) is 3.89. The molecular formula is C16H13BrClNO4S. The van der Waals surface area contributed by atoms with Crippen molar-refractivity contribution in [1.82, 2.24) is 0 Å². The summed E-state index contributed by atoms with van der Waals surface area (Å²) in [5.41, 5.74) is 2.24. The van der Waals surface area contributed by atoms with Crippen molar-refractivity contribution in [2.24, 2.45) is 0 Å². The van der Waals surface area contributed by atoms with Crippen molar-refractivity contribution in [3.63, 3.8) is 0 Å². The Hall–Kier alpha value is -1.44. The van der Waals surface area contributed by atoms with E-state index < -0.39 is 10.0 Å². The van der Waals surface area contributed by atoms with Gasteiger partial charge >= 0.3 is 0 Å². The quantitative estimate of drug-likeness (QED) is 0.728. The summed E-state index contributed by atoms with van der Waals surface area (Å²) in [5.74, 6) is 1.07. The molecule has 24 heavy (non-hydrogen) atoms. The lowest BCUT2D eigenvalue weighted by molar-refractivity contribution is 0.171. The molecule has 0 unspecified atom stereocenters. The Bertz CT molecular complexity index is 932. The third kappa shape index (κ3) is 2.74. The Labute approximate surface area is 153 Å². The zero-order valence-electron chi connectivity index (χ0n) is 12.5. The van der Waals surface area contributed by atoms with Gasteiger partial charge in [0.25, 0.3) is 0 Å². The molecule has 0 radical (unpaired) electrons. The van der Waals surface area contributed by atoms with E-state index in [1.807, 2.05) is 18.2 Å². The molecule has 0 bridgehead atoms. The van der Waals surface area contributed by atoms with Gasteiger partial charge in [-0.25, -0.2) is 8.42 Å². The van der Waals surface area contributed by atoms with Crippen molar-refractivity contribution in [2.75, 3.05) is 17.5 Å². The summed E-state index contributed by atoms with van der Waals surface area (Å²) in [5, 5.41) is 0.426. The maximum Gasteiger partial charge on any atom is 0.239 e. The maximum atomic E-state index is 12.5. The fourth-order valence-electron chi connectivity index (χ4n) is 2.94. The second-order valence-corrected chi connectivity index (χ2v) is 8.85. The van der Waals surface area contributed by atoms with Crippen LogP contribution in [0.5, 0.6) is 11.5 Å². The molecule has 0 saturated carbocycles. The van der Waals surface area contributed by atoms with Crippen LogP contribution in [0.1, 0.15) is 11.1 Å². The molecule has 8 heteroatoms. The summed E-state index contributed by atoms with van der Waals surface area (Å²) in [4.78, 5) is 0. The Balaban J connectivity index is 1.72. The molecule has 2 aromatic rings. The summed E-state index contributed by atoms with van der Waals surface area (Å²) in [7, 11) is -3.40. The number of anilines is 1. The van der Waals surface area contributed by atoms with Gasteiger partial charge in [0.05, 0.1) is 23.0 Å². The lowest BCUT2D eigenvalue weighted by atomic mass is 10.1. The van der Waals surface area contributed by atoms with Crippen molar-refractivity contribution < 1.29 is 17.9 Å². The highest BCUT2D eigenvalue weighted by Gasteiger charge is 2.33. The van der Waals surface area contributed by atoms with Crippen LogP contribution in [0.4, 0.5) is 5.69 Å². The van der Waals surface area contributed by atoms with Crippen molar-refractivity contribution in [3.05, 3.63) is 51.0 Å². The molecule has 5 nitrogen and oxygen atoms in total. The van der Waals surface area contributed by atoms with Gasteiger partial charge in [-0.1, -0.05) is 27.5 Å². The first-order valence-corrected chi connectivity index (χ1v) is 10.1. The van der Waals surface area contributed by atoms with Crippen LogP contribution in [-0.4, -0.2) is 21.6 Å². The molecule has 0 amide bonds. The minimum absolute atomic E-state index is 0.0000568. The summed E-state index contributed by atoms with van der Waals surface area (Å²) in [6, 6.07) is 8.99. The molecule has 2 aliphatic rings. The number of benzene rings is 2. The molecule has 0 spiro atoms. The number of ether oxygens (including phenoxy) is 2. The minimum Gasteiger partial charge on any atom is -0.486 e. The first kappa shape index (κ1) is 16.1. The van der Waals surface area contributed by atoms with Gasteiger partial charge in [0.15, 0.2) is 11.5 Å². The molecule has 4 rings (SSSR count). The van der Waals surface area contributed by atoms with E-state index in [4.69, 9.17) is 21.1 Å². The third-order valence-corrected chi connectivity index (χ3v) is 6.41. The minimum atomic E-state index is -3.40. The Morgan fingerprint density at radius 1 is 1.17 bits per heavy atom. The van der Waals surface area contributed by atoms with Crippen molar-refractivity contribution >= 4 is 43.2 Å². The Morgan fingerprint density at radius 2 is 1.96 bits per heavy atom. The van der Waals surface area contributed by atoms with Gasteiger partial charge in [-0.2, -0.15) is 0 Å². The lowest BCUT2D eigenvalue weighted by Gasteiger charge is -2.22. The molecule has 126 valence electrons. The van der Waals surface area contributed by atoms with Gasteiger partial charge in [-0.3, -0.25) is 4.31 Å². The predicted molar refractivity (Wildman–Crippen MR) is 95.4 cm³/mol. The van der Waals surface area contributed by atoms with E-state index in [2.05, 4.69) is 15.9 Å². The topological polar surface area (TPSA) is 55.8 Å². The summed E-state index contributed by atoms with van der Waals surface area (Å²) in [6.07, 6.45) is 0. The number of fused-ring (bicyclic) bond motifs is 2. The van der Waals surface area contributed by atoms with Gasteiger partial charge < -0.3 is 9.47 Å². The van der Waals surface area contributed by atoms with E-state index in [1.54, 1.807) is 12.1 Å². The van der Waals surface area contributed by atoms with Crippen LogP contribution < -0.4 is 13.8 Å². The van der Waals surface area contributed by atoms with Gasteiger partial charge in [0, 0.05) is 4.47 Å². The molecule has 0 N–H and O–H groups in total. The lowest BCUT2D eigenvalue weighted by Crippen LogP contribution is -2.26. The van der Waals surface area contributed by atoms with Gasteiger partial charge in [0.1, 0.15) is 13.2 Å². The fourth-order valence-corrected chi connectivity index (χ4v) is 5.24. The number of hydrogen-bond donors (Lipinski definition) is 0. The molecule has 0 aromatic heterocycles. The second-order valence-electron chi connectivity index (χ2n) is 5.64. The van der Waals surface area contributed by atoms with Crippen molar-refractivity contribution in [3.8, 4) is 11.5 Å². The molecule has 0 saturated heterocycles. The van der Waals surface area contributed by atoms with Crippen LogP contribution in [-0.2, 0) is 22.3 Å². The summed E-state index contributed by atoms with van der Waals surface area (Å²) >= 11 is 9.62. The molecular weight excluding hydrogens is 418 g/mol. The highest BCUT2D eigenvalue weighted by atomic mass is 79.9. The van der Waals surface area contributed by atoms with E-state index in [-0.39, 0.29) is 12.3 Å². The van der Waals surface area contributed by atoms with Crippen LogP contribution in [0.2, 0.25) is 5.02 Å². The average Bonchev–Trinajstić information content (AvgIpc) is 2.77. The van der Waals surface area contributed by atoms with E-state index in [0.717, 1.165) is 15.6 Å². The SMILES string of the molecule is O=S1(=O)Cc2cc(Br)ccc2N1Cc1cc(Cl)c2c(c1)OCCO2. The molecule has 0 atom stereocenters. The largest absolute Gasteiger partial charge is 0.486 e. The first-order valence-electron chi connectivity index (χ1n) is 7.31. The molecule has 0 fully saturated rings. The zero-order chi connectivity index (χ0) is 16.9. The van der Waals surface area contributed by atoms with Gasteiger partial charge in [-0.05, 0) is 41.5 Å². The number of nitrogens with zero attached hydrogens (tertiary/aromatic N) is 1. The van der Waals surface area contributed by atoms with E-state index in [1.165, 1.54) is 4.31 Å². The molecule has 2 heterocycles. The monoisotopic (exact) mass is 429 g/mol. The summed E-state index contributed by atoms with van der Waals surface area (Å²) < 4.78 is 38.4. The average molecular weight is 431 g/mol. The van der Waals surface area contributed by atoms with Crippen LogP contribution in [0, 0.1) is 0 Å². The second kappa shape index (κ2) is 5.82. The predicted octanol–water partition coefficient (Wildman–Crippen LogP) is 3.72. The van der Waals surface area contributed by atoms with Crippen LogP contribution in [0.3, 0.4) is 0 Å². The fraction of sp³-hybridized carbons (Fsp3) is 0.250. The normalized spacial score (nSPS) is 17.7. The van der Waals surface area contributed by atoms with Gasteiger partial charge in [0.2, 0.25) is 10.0 Å². The number of rotatable bonds is 2. The zero-order valence-corrected chi connectivity index (χ0v) is 15.6. The number of hydrogen-bond acceptors (Lipinski definition) is 4. The molecule has 2 aromatic carbocycles. The first-order chi connectivity index (χ1) is 11.4. The van der Waals surface area contributed by atoms with E-state index in [0.29, 0.717) is 35.4 Å². The van der Waals surface area contributed by atoms with E-state index >= 15 is 0 Å². The Morgan fingerprint density at radius 3 is 2.79 bits per heavy atom. The van der Waals surface area contributed by atoms with Gasteiger partial charge in [-0.15, -0.1) is 0 Å². The third-order valence-electron chi connectivity index (χ3n) is 3.97. The molecule has 2 aliphatic heterocycles. The summed E-state index contributed by atoms with van der Waals surface area (Å²) in [6.45, 7) is 1.10. The maximum absolute atomic E-state index is 12.5. The number of halogens is 2. The van der Waals surface area contributed by atoms with Crippen LogP contribution in [0.25, 0.3) is 0 Å². The smallest absolute Gasteiger partial charge is 0.239 e.